The lowest BCUT2D eigenvalue weighted by molar-refractivity contribution is -0.167. The Kier molecular flexibility index (Phi) is 11.3. The van der Waals surface area contributed by atoms with Crippen molar-refractivity contribution >= 4 is 65.6 Å². The lowest BCUT2D eigenvalue weighted by Gasteiger charge is -2.53. The Bertz CT molecular complexity index is 1410. The van der Waals surface area contributed by atoms with Gasteiger partial charge in [0.1, 0.15) is 71.5 Å². The van der Waals surface area contributed by atoms with Gasteiger partial charge in [0.05, 0.1) is 12.2 Å². The maximum Gasteiger partial charge on any atom is 0.266 e. The molecule has 0 aliphatic carbocycles. The Morgan fingerprint density at radius 3 is 2.31 bits per heavy atom. The first-order chi connectivity index (χ1) is 20.9. The van der Waals surface area contributed by atoms with Gasteiger partial charge in [0.2, 0.25) is 0 Å². The highest BCUT2D eigenvalue weighted by atomic mass is 19.1. The van der Waals surface area contributed by atoms with E-state index in [2.05, 4.69) is 25.9 Å². The number of likely N-dealkylation sites (N-methyl/N-ethyl adjacent to an activating group) is 2. The zero-order valence-electron chi connectivity index (χ0n) is 28.4. The third-order valence-electron chi connectivity index (χ3n) is 9.91. The molecule has 1 aliphatic heterocycles. The lowest BCUT2D eigenvalue weighted by atomic mass is 9.27. The van der Waals surface area contributed by atoms with E-state index in [1.165, 1.54) is 18.0 Å². The molecule has 16 heteroatoms. The Hall–Kier alpha value is -2.79. The van der Waals surface area contributed by atoms with Gasteiger partial charge in [-0.2, -0.15) is 0 Å². The molecule has 3 rings (SSSR count). The van der Waals surface area contributed by atoms with Crippen LogP contribution in [0.5, 0.6) is 5.75 Å². The Labute approximate surface area is 271 Å². The summed E-state index contributed by atoms with van der Waals surface area (Å²) in [5.74, 6) is -0.824. The molecule has 0 saturated carbocycles. The van der Waals surface area contributed by atoms with Crippen molar-refractivity contribution in [2.45, 2.75) is 60.7 Å². The quantitative estimate of drug-likeness (QED) is 0.136. The highest BCUT2D eigenvalue weighted by Gasteiger charge is 2.58. The summed E-state index contributed by atoms with van der Waals surface area (Å²) in [5.41, 5.74) is -0.190. The zero-order valence-corrected chi connectivity index (χ0v) is 28.4. The van der Waals surface area contributed by atoms with Gasteiger partial charge >= 0.3 is 0 Å². The fourth-order valence-electron chi connectivity index (χ4n) is 6.09. The van der Waals surface area contributed by atoms with E-state index < -0.39 is 33.2 Å². The molecule has 2 aromatic rings. The SMILES string of the molecule is BC(B)(c1ccc(F)c(COc2cccc(C=O)c2CN(C)C(O)(C(=O)NC)C(B)(B)C(B)(B)C=O)c1)N1CC(C)OC(C)C1. The summed E-state index contributed by atoms with van der Waals surface area (Å²) >= 11 is 0. The first kappa shape index (κ1) is 36.7. The molecule has 0 spiro atoms. The van der Waals surface area contributed by atoms with Crippen molar-refractivity contribution in [2.75, 3.05) is 27.2 Å². The minimum Gasteiger partial charge on any atom is -0.488 e. The molecule has 236 valence electrons. The van der Waals surface area contributed by atoms with Crippen LogP contribution in [0.25, 0.3) is 0 Å². The number of nitrogens with one attached hydrogen (secondary N) is 1. The van der Waals surface area contributed by atoms with Gasteiger partial charge in [-0.15, -0.1) is 0 Å². The predicted octanol–water partition coefficient (Wildman–Crippen LogP) is -3.47. The highest BCUT2D eigenvalue weighted by Crippen LogP contribution is 2.50. The molecule has 3 unspecified atom stereocenters. The summed E-state index contributed by atoms with van der Waals surface area (Å²) in [6.45, 7) is 5.39. The van der Waals surface area contributed by atoms with Crippen LogP contribution < -0.4 is 10.1 Å². The van der Waals surface area contributed by atoms with Gasteiger partial charge in [0.15, 0.2) is 12.0 Å². The Morgan fingerprint density at radius 1 is 1.13 bits per heavy atom. The topological polar surface area (TPSA) is 108 Å². The van der Waals surface area contributed by atoms with Crippen LogP contribution in [0.3, 0.4) is 0 Å². The van der Waals surface area contributed by atoms with Crippen molar-refractivity contribution in [1.29, 1.82) is 0 Å². The van der Waals surface area contributed by atoms with Crippen molar-refractivity contribution in [1.82, 2.24) is 15.1 Å². The van der Waals surface area contributed by atoms with Gasteiger partial charge in [-0.05, 0) is 60.4 Å². The molecule has 3 atom stereocenters. The van der Waals surface area contributed by atoms with Crippen molar-refractivity contribution in [3.8, 4) is 5.75 Å². The maximum atomic E-state index is 15.2. The first-order valence-electron chi connectivity index (χ1n) is 15.4. The number of carbonyl (C=O) groups is 3. The van der Waals surface area contributed by atoms with Gasteiger partial charge in [-0.25, -0.2) is 4.39 Å². The second-order valence-corrected chi connectivity index (χ2v) is 13.8. The molecule has 1 fully saturated rings. The second-order valence-electron chi connectivity index (χ2n) is 13.8. The van der Waals surface area contributed by atoms with E-state index in [4.69, 9.17) is 9.47 Å². The van der Waals surface area contributed by atoms with Crippen molar-refractivity contribution < 1.29 is 33.4 Å². The van der Waals surface area contributed by atoms with Crippen LogP contribution in [-0.2, 0) is 32.8 Å². The van der Waals surface area contributed by atoms with Crippen molar-refractivity contribution in [3.63, 3.8) is 0 Å². The number of hydrogen-bond acceptors (Lipinski definition) is 8. The summed E-state index contributed by atoms with van der Waals surface area (Å²) in [6, 6.07) is 9.97. The zero-order chi connectivity index (χ0) is 34.0. The van der Waals surface area contributed by atoms with Crippen LogP contribution in [0.15, 0.2) is 36.4 Å². The van der Waals surface area contributed by atoms with Gasteiger partial charge in [-0.3, -0.25) is 14.5 Å². The number of nitrogens with zero attached hydrogens (tertiary/aromatic N) is 2. The van der Waals surface area contributed by atoms with Crippen LogP contribution in [0.4, 0.5) is 4.39 Å². The predicted molar refractivity (Wildman–Crippen MR) is 189 cm³/mol. The largest absolute Gasteiger partial charge is 0.488 e. The number of aliphatic hydroxyl groups is 1. The summed E-state index contributed by atoms with van der Waals surface area (Å²) in [6.07, 6.45) is 1.54. The van der Waals surface area contributed by atoms with Crippen LogP contribution >= 0.6 is 0 Å². The average molecular weight is 615 g/mol. The summed E-state index contributed by atoms with van der Waals surface area (Å²) < 4.78 is 27.2. The molecular weight excluding hydrogens is 570 g/mol. The number of benzene rings is 2. The second kappa shape index (κ2) is 13.9. The number of morpholine rings is 1. The molecule has 0 bridgehead atoms. The molecule has 2 N–H and O–H groups in total. The molecule has 2 aromatic carbocycles. The molecule has 0 aromatic heterocycles. The van der Waals surface area contributed by atoms with Crippen molar-refractivity contribution in [3.05, 3.63) is 64.5 Å². The number of amides is 1. The third-order valence-corrected chi connectivity index (χ3v) is 9.91. The maximum absolute atomic E-state index is 15.2. The lowest BCUT2D eigenvalue weighted by Crippen LogP contribution is -2.67. The van der Waals surface area contributed by atoms with E-state index in [1.54, 1.807) is 62.7 Å². The van der Waals surface area contributed by atoms with Gasteiger partial charge in [0, 0.05) is 43.4 Å². The fraction of sp³-hybridized carbons (Fsp3) is 0.483. The van der Waals surface area contributed by atoms with Crippen molar-refractivity contribution in [2.24, 2.45) is 0 Å². The summed E-state index contributed by atoms with van der Waals surface area (Å²) in [7, 11) is 13.8. The van der Waals surface area contributed by atoms with Crippen LogP contribution in [0.2, 0.25) is 10.4 Å². The minimum atomic E-state index is -2.17. The number of carbonyl (C=O) groups excluding carboxylic acids is 3. The smallest absolute Gasteiger partial charge is 0.266 e. The minimum absolute atomic E-state index is 0.0778. The molecule has 0 radical (unpaired) electrons. The van der Waals surface area contributed by atoms with Crippen LogP contribution in [0.1, 0.15) is 40.9 Å². The monoisotopic (exact) mass is 615 g/mol. The highest BCUT2D eigenvalue weighted by molar-refractivity contribution is 6.60. The number of ether oxygens (including phenoxy) is 2. The first-order valence-corrected chi connectivity index (χ1v) is 15.4. The molecule has 9 nitrogen and oxygen atoms in total. The number of halogens is 1. The molecule has 1 heterocycles. The number of aldehydes is 2. The Balaban J connectivity index is 1.96. The summed E-state index contributed by atoms with van der Waals surface area (Å²) in [5, 5.41) is 11.7. The molecule has 1 saturated heterocycles. The normalized spacial score (nSPS) is 19.4. The van der Waals surface area contributed by atoms with Crippen LogP contribution in [-0.4, -0.2) is 126 Å². The van der Waals surface area contributed by atoms with Gasteiger partial charge in [0.25, 0.3) is 5.91 Å². The summed E-state index contributed by atoms with van der Waals surface area (Å²) in [4.78, 5) is 41.2. The van der Waals surface area contributed by atoms with E-state index in [0.717, 1.165) is 18.7 Å². The molecular formula is C29H44B6FN3O6. The van der Waals surface area contributed by atoms with Gasteiger partial charge < -0.3 is 29.6 Å². The van der Waals surface area contributed by atoms with E-state index >= 15 is 4.39 Å². The van der Waals surface area contributed by atoms with E-state index in [1.807, 2.05) is 19.9 Å². The molecule has 45 heavy (non-hydrogen) atoms. The van der Waals surface area contributed by atoms with E-state index in [9.17, 15) is 19.5 Å². The standard InChI is InChI=1S/C29H44B6FN3O6/c1-17-11-39(12-18(2)45-17)28(32,33)21-8-9-23(36)20(10-21)15-44-24-7-5-6-19(14-40)22(24)13-38(4)27(43,25(42)37-3)29(34,35)26(30,31)16-41/h5-10,14,16-18,43H,11-13,15,30-35H2,1-4H3,(H,37,42). The third kappa shape index (κ3) is 7.14. The van der Waals surface area contributed by atoms with Gasteiger partial charge in [-0.1, -0.05) is 18.2 Å². The number of hydrogen-bond donors (Lipinski definition) is 2. The molecule has 1 amide bonds. The fourth-order valence-corrected chi connectivity index (χ4v) is 6.09. The van der Waals surface area contributed by atoms with Crippen LogP contribution in [0, 0.1) is 5.82 Å². The number of rotatable bonds is 13. The Morgan fingerprint density at radius 2 is 1.76 bits per heavy atom. The van der Waals surface area contributed by atoms with E-state index in [-0.39, 0.29) is 30.9 Å². The van der Waals surface area contributed by atoms with E-state index in [0.29, 0.717) is 29.4 Å². The average Bonchev–Trinajstić information content (AvgIpc) is 2.99. The molecule has 1 aliphatic rings.